The highest BCUT2D eigenvalue weighted by Gasteiger charge is 2.27. The van der Waals surface area contributed by atoms with E-state index in [0.29, 0.717) is 51.3 Å². The van der Waals surface area contributed by atoms with E-state index in [1.807, 2.05) is 47.4 Å². The summed E-state index contributed by atoms with van der Waals surface area (Å²) in [5, 5.41) is 13.7. The summed E-state index contributed by atoms with van der Waals surface area (Å²) >= 11 is 0. The van der Waals surface area contributed by atoms with Crippen molar-refractivity contribution >= 4 is 37.9 Å². The smallest absolute Gasteiger partial charge is 0.293 e. The number of amides is 1. The van der Waals surface area contributed by atoms with Crippen LogP contribution in [0.2, 0.25) is 0 Å². The Morgan fingerprint density at radius 1 is 1.03 bits per heavy atom. The fourth-order valence-corrected chi connectivity index (χ4v) is 4.87. The standard InChI is InChI=1S/C25H27N3O6S/c1-35(32,33)20-11-12-22(23(18-20)28(30)31)26-13-15-27(16-14-26)25(29)10-5-17-34-24-9-4-7-19-6-2-3-8-21(19)24/h2-4,6-9,11-12,18H,5,10,13-17H2,1H3. The number of piperazine rings is 1. The molecule has 184 valence electrons. The highest BCUT2D eigenvalue weighted by molar-refractivity contribution is 7.90. The van der Waals surface area contributed by atoms with Crippen molar-refractivity contribution in [3.8, 4) is 5.75 Å². The molecule has 0 spiro atoms. The van der Waals surface area contributed by atoms with Crippen molar-refractivity contribution in [1.82, 2.24) is 4.90 Å². The van der Waals surface area contributed by atoms with Crippen LogP contribution in [0.1, 0.15) is 12.8 Å². The van der Waals surface area contributed by atoms with Crippen LogP contribution >= 0.6 is 0 Å². The second kappa shape index (κ2) is 10.3. The van der Waals surface area contributed by atoms with Gasteiger partial charge in [-0.1, -0.05) is 36.4 Å². The molecule has 9 nitrogen and oxygen atoms in total. The van der Waals surface area contributed by atoms with Gasteiger partial charge >= 0.3 is 0 Å². The van der Waals surface area contributed by atoms with Crippen molar-refractivity contribution in [3.05, 3.63) is 70.8 Å². The lowest BCUT2D eigenvalue weighted by Gasteiger charge is -2.36. The van der Waals surface area contributed by atoms with Gasteiger partial charge in [-0.15, -0.1) is 0 Å². The predicted octanol–water partition coefficient (Wildman–Crippen LogP) is 3.66. The predicted molar refractivity (Wildman–Crippen MR) is 134 cm³/mol. The van der Waals surface area contributed by atoms with Gasteiger partial charge < -0.3 is 14.5 Å². The average Bonchev–Trinajstić information content (AvgIpc) is 2.85. The average molecular weight is 498 g/mol. The van der Waals surface area contributed by atoms with Crippen molar-refractivity contribution in [3.63, 3.8) is 0 Å². The van der Waals surface area contributed by atoms with E-state index < -0.39 is 14.8 Å². The first-order valence-corrected chi connectivity index (χ1v) is 13.2. The van der Waals surface area contributed by atoms with Gasteiger partial charge in [0.2, 0.25) is 5.91 Å². The number of rotatable bonds is 8. The van der Waals surface area contributed by atoms with Crippen molar-refractivity contribution in [1.29, 1.82) is 0 Å². The maximum absolute atomic E-state index is 12.7. The molecule has 0 aromatic heterocycles. The number of carbonyl (C=O) groups is 1. The first kappa shape index (κ1) is 24.5. The molecule has 0 N–H and O–H groups in total. The van der Waals surface area contributed by atoms with Gasteiger partial charge in [0.15, 0.2) is 9.84 Å². The summed E-state index contributed by atoms with van der Waals surface area (Å²) in [5.74, 6) is 0.820. The lowest BCUT2D eigenvalue weighted by atomic mass is 10.1. The Morgan fingerprint density at radius 3 is 2.46 bits per heavy atom. The molecule has 1 amide bonds. The van der Waals surface area contributed by atoms with Crippen LogP contribution in [0.4, 0.5) is 11.4 Å². The SMILES string of the molecule is CS(=O)(=O)c1ccc(N2CCN(C(=O)CCCOc3cccc4ccccc34)CC2)c([N+](=O)[O-])c1. The zero-order chi connectivity index (χ0) is 25.0. The number of hydrogen-bond acceptors (Lipinski definition) is 7. The molecule has 0 atom stereocenters. The van der Waals surface area contributed by atoms with Gasteiger partial charge in [-0.2, -0.15) is 0 Å². The first-order chi connectivity index (χ1) is 16.7. The summed E-state index contributed by atoms with van der Waals surface area (Å²) in [5.41, 5.74) is 0.108. The van der Waals surface area contributed by atoms with Gasteiger partial charge in [-0.25, -0.2) is 8.42 Å². The number of hydrogen-bond donors (Lipinski definition) is 0. The molecule has 35 heavy (non-hydrogen) atoms. The Hall–Kier alpha value is -3.66. The molecule has 3 aromatic rings. The summed E-state index contributed by atoms with van der Waals surface area (Å²) in [4.78, 5) is 27.1. The molecule has 0 unspecified atom stereocenters. The van der Waals surface area contributed by atoms with Gasteiger partial charge in [-0.3, -0.25) is 14.9 Å². The third-order valence-electron chi connectivity index (χ3n) is 6.09. The van der Waals surface area contributed by atoms with Crippen LogP contribution in [0.5, 0.6) is 5.75 Å². The number of nitrogens with zero attached hydrogens (tertiary/aromatic N) is 3. The van der Waals surface area contributed by atoms with E-state index in [2.05, 4.69) is 0 Å². The van der Waals surface area contributed by atoms with Gasteiger partial charge in [-0.05, 0) is 30.0 Å². The van der Waals surface area contributed by atoms with Crippen LogP contribution in [0.3, 0.4) is 0 Å². The summed E-state index contributed by atoms with van der Waals surface area (Å²) < 4.78 is 29.5. The third-order valence-corrected chi connectivity index (χ3v) is 7.20. The van der Waals surface area contributed by atoms with Gasteiger partial charge in [0, 0.05) is 50.3 Å². The lowest BCUT2D eigenvalue weighted by Crippen LogP contribution is -2.49. The molecule has 1 heterocycles. The quantitative estimate of drug-likeness (QED) is 0.265. The van der Waals surface area contributed by atoms with Crippen LogP contribution in [0, 0.1) is 10.1 Å². The Balaban J connectivity index is 1.29. The number of nitro benzene ring substituents is 1. The third kappa shape index (κ3) is 5.71. The summed E-state index contributed by atoms with van der Waals surface area (Å²) in [7, 11) is -3.55. The molecular formula is C25H27N3O6S. The maximum atomic E-state index is 12.7. The topological polar surface area (TPSA) is 110 Å². The molecule has 1 aliphatic rings. The Labute approximate surface area is 204 Å². The maximum Gasteiger partial charge on any atom is 0.293 e. The lowest BCUT2D eigenvalue weighted by molar-refractivity contribution is -0.384. The molecule has 0 saturated carbocycles. The summed E-state index contributed by atoms with van der Waals surface area (Å²) in [6.45, 7) is 2.16. The number of nitro groups is 1. The molecule has 0 radical (unpaired) electrons. The molecule has 0 aliphatic carbocycles. The molecule has 1 aliphatic heterocycles. The second-order valence-corrected chi connectivity index (χ2v) is 10.5. The molecule has 4 rings (SSSR count). The Bertz CT molecular complexity index is 1350. The van der Waals surface area contributed by atoms with Crippen LogP contribution in [0.25, 0.3) is 10.8 Å². The number of ether oxygens (including phenoxy) is 1. The number of fused-ring (bicyclic) bond motifs is 1. The largest absolute Gasteiger partial charge is 0.493 e. The highest BCUT2D eigenvalue weighted by atomic mass is 32.2. The first-order valence-electron chi connectivity index (χ1n) is 11.4. The monoisotopic (exact) mass is 497 g/mol. The number of benzene rings is 3. The summed E-state index contributed by atoms with van der Waals surface area (Å²) in [6.07, 6.45) is 1.96. The van der Waals surface area contributed by atoms with Gasteiger partial charge in [0.05, 0.1) is 16.4 Å². The van der Waals surface area contributed by atoms with E-state index in [0.717, 1.165) is 28.8 Å². The van der Waals surface area contributed by atoms with Gasteiger partial charge in [0.1, 0.15) is 11.4 Å². The molecule has 0 bridgehead atoms. The molecule has 1 fully saturated rings. The van der Waals surface area contributed by atoms with Crippen molar-refractivity contribution < 1.29 is 22.9 Å². The molecular weight excluding hydrogens is 470 g/mol. The minimum absolute atomic E-state index is 0.0214. The van der Waals surface area contributed by atoms with Crippen molar-refractivity contribution in [2.75, 3.05) is 43.9 Å². The zero-order valence-electron chi connectivity index (χ0n) is 19.4. The minimum Gasteiger partial charge on any atom is -0.493 e. The van der Waals surface area contributed by atoms with Gasteiger partial charge in [0.25, 0.3) is 5.69 Å². The molecule has 3 aromatic carbocycles. The number of carbonyl (C=O) groups excluding carboxylic acids is 1. The zero-order valence-corrected chi connectivity index (χ0v) is 20.2. The Morgan fingerprint density at radius 2 is 1.74 bits per heavy atom. The van der Waals surface area contributed by atoms with Crippen molar-refractivity contribution in [2.24, 2.45) is 0 Å². The number of sulfone groups is 1. The highest BCUT2D eigenvalue weighted by Crippen LogP contribution is 2.31. The van der Waals surface area contributed by atoms with Crippen LogP contribution < -0.4 is 9.64 Å². The summed E-state index contributed by atoms with van der Waals surface area (Å²) in [6, 6.07) is 17.8. The van der Waals surface area contributed by atoms with Crippen LogP contribution in [-0.4, -0.2) is 63.2 Å². The normalized spacial score (nSPS) is 14.2. The Kier molecular flexibility index (Phi) is 7.20. The molecule has 1 saturated heterocycles. The second-order valence-electron chi connectivity index (χ2n) is 8.48. The van der Waals surface area contributed by atoms with E-state index in [9.17, 15) is 23.3 Å². The fraction of sp³-hybridized carbons (Fsp3) is 0.320. The molecule has 10 heteroatoms. The van der Waals surface area contributed by atoms with E-state index >= 15 is 0 Å². The van der Waals surface area contributed by atoms with E-state index in [1.54, 1.807) is 4.90 Å². The van der Waals surface area contributed by atoms with E-state index in [4.69, 9.17) is 4.74 Å². The fourth-order valence-electron chi connectivity index (χ4n) is 4.23. The van der Waals surface area contributed by atoms with E-state index in [1.165, 1.54) is 12.1 Å². The van der Waals surface area contributed by atoms with E-state index in [-0.39, 0.29) is 16.5 Å². The van der Waals surface area contributed by atoms with Crippen molar-refractivity contribution in [2.45, 2.75) is 17.7 Å². The van der Waals surface area contributed by atoms with Crippen LogP contribution in [-0.2, 0) is 14.6 Å². The number of anilines is 1. The minimum atomic E-state index is -3.55. The van der Waals surface area contributed by atoms with Crippen LogP contribution in [0.15, 0.2) is 65.6 Å².